The Morgan fingerprint density at radius 3 is 2.65 bits per heavy atom. The number of aliphatic hydroxyl groups is 1. The Bertz CT molecular complexity index is 601. The number of ether oxygens (including phenoxy) is 1. The van der Waals surface area contributed by atoms with E-state index in [4.69, 9.17) is 11.6 Å². The molecule has 0 aliphatic heterocycles. The minimum atomic E-state index is -1.36. The molecule has 0 heterocycles. The van der Waals surface area contributed by atoms with Gasteiger partial charge >= 0.3 is 5.97 Å². The first-order valence-corrected chi connectivity index (χ1v) is 9.57. The second-order valence-corrected chi connectivity index (χ2v) is 6.80. The largest absolute Gasteiger partial charge is 0.469 e. The topological polar surface area (TPSA) is 63.6 Å². The quantitative estimate of drug-likeness (QED) is 0.242. The van der Waals surface area contributed by atoms with Gasteiger partial charge in [0.2, 0.25) is 5.78 Å². The molecule has 1 atom stereocenters. The summed E-state index contributed by atoms with van der Waals surface area (Å²) in [4.78, 5) is 23.2. The Kier molecular flexibility index (Phi) is 10.2. The lowest BCUT2D eigenvalue weighted by atomic mass is 9.92. The summed E-state index contributed by atoms with van der Waals surface area (Å²) in [6.45, 7) is 2.16. The predicted molar refractivity (Wildman–Crippen MR) is 105 cm³/mol. The molecular weight excluding hydrogens is 352 g/mol. The van der Waals surface area contributed by atoms with Crippen LogP contribution in [0.5, 0.6) is 0 Å². The Labute approximate surface area is 161 Å². The van der Waals surface area contributed by atoms with Gasteiger partial charge in [0.15, 0.2) is 0 Å². The van der Waals surface area contributed by atoms with Crippen LogP contribution in [-0.2, 0) is 14.3 Å². The zero-order chi connectivity index (χ0) is 19.4. The normalized spacial score (nSPS) is 21.9. The summed E-state index contributed by atoms with van der Waals surface area (Å²) in [7, 11) is 1.37. The maximum Gasteiger partial charge on any atom is 0.305 e. The van der Waals surface area contributed by atoms with Gasteiger partial charge in [-0.15, -0.1) is 0 Å². The molecule has 0 radical (unpaired) electrons. The van der Waals surface area contributed by atoms with E-state index in [2.05, 4.69) is 11.7 Å². The summed E-state index contributed by atoms with van der Waals surface area (Å²) in [6.07, 6.45) is 17.0. The molecule has 1 rings (SSSR count). The van der Waals surface area contributed by atoms with Gasteiger partial charge < -0.3 is 9.84 Å². The maximum absolute atomic E-state index is 12.2. The van der Waals surface area contributed by atoms with Crippen molar-refractivity contribution >= 4 is 23.4 Å². The molecular formula is C21H29ClO4. The molecule has 0 saturated heterocycles. The number of ketones is 1. The highest BCUT2D eigenvalue weighted by Crippen LogP contribution is 2.35. The van der Waals surface area contributed by atoms with Crippen LogP contribution in [0.25, 0.3) is 0 Å². The first-order valence-electron chi connectivity index (χ1n) is 9.19. The van der Waals surface area contributed by atoms with Crippen LogP contribution in [0.15, 0.2) is 47.1 Å². The van der Waals surface area contributed by atoms with E-state index in [0.717, 1.165) is 12.8 Å². The van der Waals surface area contributed by atoms with Crippen molar-refractivity contribution in [3.8, 4) is 0 Å². The minimum Gasteiger partial charge on any atom is -0.469 e. The van der Waals surface area contributed by atoms with E-state index in [1.54, 1.807) is 12.2 Å². The smallest absolute Gasteiger partial charge is 0.305 e. The molecule has 0 amide bonds. The number of hydrogen-bond donors (Lipinski definition) is 1. The van der Waals surface area contributed by atoms with Crippen molar-refractivity contribution in [2.75, 3.05) is 7.11 Å². The molecule has 5 heteroatoms. The molecule has 0 aromatic rings. The number of hydrogen-bond acceptors (Lipinski definition) is 4. The lowest BCUT2D eigenvalue weighted by Gasteiger charge is -2.20. The van der Waals surface area contributed by atoms with Gasteiger partial charge in [0, 0.05) is 18.4 Å². The Morgan fingerprint density at radius 1 is 1.23 bits per heavy atom. The molecule has 4 nitrogen and oxygen atoms in total. The molecule has 0 unspecified atom stereocenters. The van der Waals surface area contributed by atoms with Crippen LogP contribution < -0.4 is 0 Å². The Balaban J connectivity index is 2.62. The van der Waals surface area contributed by atoms with E-state index < -0.39 is 5.60 Å². The molecule has 1 aliphatic rings. The van der Waals surface area contributed by atoms with Gasteiger partial charge in [-0.2, -0.15) is 0 Å². The van der Waals surface area contributed by atoms with Crippen LogP contribution in [0.3, 0.4) is 0 Å². The average Bonchev–Trinajstić information content (AvgIpc) is 2.83. The minimum absolute atomic E-state index is 0.0530. The zero-order valence-electron chi connectivity index (χ0n) is 15.7. The molecule has 144 valence electrons. The van der Waals surface area contributed by atoms with Crippen molar-refractivity contribution in [1.29, 1.82) is 0 Å². The van der Waals surface area contributed by atoms with E-state index in [-0.39, 0.29) is 22.4 Å². The average molecular weight is 381 g/mol. The molecule has 0 fully saturated rings. The van der Waals surface area contributed by atoms with Gasteiger partial charge in [-0.25, -0.2) is 0 Å². The van der Waals surface area contributed by atoms with E-state index >= 15 is 0 Å². The molecule has 1 aliphatic carbocycles. The van der Waals surface area contributed by atoms with Crippen LogP contribution in [0.1, 0.15) is 58.3 Å². The standard InChI is InChI=1S/C21H29ClO4/c1-3-4-5-6-9-12-15-21(25)16-18(22)20(24)17(21)13-10-7-8-11-14-19(23)26-2/h7,9-10,12-13,16,25H,3-6,8,11,14-15H2,1-2H3/b10-7+,12-9-,17-13?/t21-/m1/s1. The number of allylic oxidation sites excluding steroid dienone is 5. The van der Waals surface area contributed by atoms with E-state index in [9.17, 15) is 14.7 Å². The van der Waals surface area contributed by atoms with Gasteiger partial charge in [0.25, 0.3) is 0 Å². The second-order valence-electron chi connectivity index (χ2n) is 6.39. The third-order valence-corrected chi connectivity index (χ3v) is 4.52. The van der Waals surface area contributed by atoms with Gasteiger partial charge in [-0.05, 0) is 31.8 Å². The van der Waals surface area contributed by atoms with E-state index in [1.807, 2.05) is 18.2 Å². The molecule has 1 N–H and O–H groups in total. The first-order chi connectivity index (χ1) is 12.4. The van der Waals surface area contributed by atoms with Crippen molar-refractivity contribution in [1.82, 2.24) is 0 Å². The number of rotatable bonds is 11. The third-order valence-electron chi connectivity index (χ3n) is 4.24. The van der Waals surface area contributed by atoms with Gasteiger partial charge in [-0.3, -0.25) is 9.59 Å². The number of halogens is 1. The predicted octanol–water partition coefficient (Wildman–Crippen LogP) is 4.78. The fourth-order valence-corrected chi connectivity index (χ4v) is 2.97. The zero-order valence-corrected chi connectivity index (χ0v) is 16.4. The summed E-state index contributed by atoms with van der Waals surface area (Å²) < 4.78 is 4.58. The molecule has 0 bridgehead atoms. The lowest BCUT2D eigenvalue weighted by molar-refractivity contribution is -0.140. The van der Waals surface area contributed by atoms with Gasteiger partial charge in [0.1, 0.15) is 5.60 Å². The summed E-state index contributed by atoms with van der Waals surface area (Å²) in [5, 5.41) is 10.9. The van der Waals surface area contributed by atoms with Crippen molar-refractivity contribution in [2.45, 2.75) is 63.9 Å². The first kappa shape index (κ1) is 22.4. The number of carbonyl (C=O) groups excluding carboxylic acids is 2. The van der Waals surface area contributed by atoms with Crippen LogP contribution in [-0.4, -0.2) is 29.6 Å². The Morgan fingerprint density at radius 2 is 1.96 bits per heavy atom. The molecule has 0 spiro atoms. The highest BCUT2D eigenvalue weighted by Gasteiger charge is 2.40. The summed E-state index contributed by atoms with van der Waals surface area (Å²) in [5.41, 5.74) is -1.07. The summed E-state index contributed by atoms with van der Waals surface area (Å²) >= 11 is 5.95. The number of carbonyl (C=O) groups is 2. The number of esters is 1. The summed E-state index contributed by atoms with van der Waals surface area (Å²) in [5.74, 6) is -0.577. The molecule has 0 saturated carbocycles. The highest BCUT2D eigenvalue weighted by molar-refractivity contribution is 6.46. The van der Waals surface area contributed by atoms with Crippen molar-refractivity contribution < 1.29 is 19.4 Å². The van der Waals surface area contributed by atoms with E-state index in [0.29, 0.717) is 25.7 Å². The Hall–Kier alpha value is -1.65. The van der Waals surface area contributed by atoms with E-state index in [1.165, 1.54) is 26.0 Å². The van der Waals surface area contributed by atoms with Gasteiger partial charge in [0.05, 0.1) is 12.1 Å². The SMILES string of the molecule is CCCCC/C=C\C[C@@]1(O)C=C(Cl)C(=O)C1=C/C=C/CCCC(=O)OC. The molecule has 26 heavy (non-hydrogen) atoms. The number of methoxy groups -OCH3 is 1. The molecule has 0 aromatic heterocycles. The number of unbranched alkanes of at least 4 members (excludes halogenated alkanes) is 4. The maximum atomic E-state index is 12.2. The molecule has 0 aromatic carbocycles. The van der Waals surface area contributed by atoms with Crippen molar-refractivity contribution in [2.24, 2.45) is 0 Å². The number of Topliss-reactive ketones (excluding diaryl/α,β-unsaturated/α-hetero) is 1. The van der Waals surface area contributed by atoms with Crippen molar-refractivity contribution in [3.05, 3.63) is 47.1 Å². The van der Waals surface area contributed by atoms with Crippen LogP contribution in [0, 0.1) is 0 Å². The van der Waals surface area contributed by atoms with Crippen LogP contribution in [0.4, 0.5) is 0 Å². The fraction of sp³-hybridized carbons (Fsp3) is 0.524. The summed E-state index contributed by atoms with van der Waals surface area (Å²) in [6, 6.07) is 0. The second kappa shape index (κ2) is 11.9. The lowest BCUT2D eigenvalue weighted by Crippen LogP contribution is -2.27. The monoisotopic (exact) mass is 380 g/mol. The van der Waals surface area contributed by atoms with Crippen LogP contribution >= 0.6 is 11.6 Å². The van der Waals surface area contributed by atoms with Crippen LogP contribution in [0.2, 0.25) is 0 Å². The third kappa shape index (κ3) is 7.30. The highest BCUT2D eigenvalue weighted by atomic mass is 35.5. The fourth-order valence-electron chi connectivity index (χ4n) is 2.69. The van der Waals surface area contributed by atoms with Crippen molar-refractivity contribution in [3.63, 3.8) is 0 Å². The van der Waals surface area contributed by atoms with Gasteiger partial charge in [-0.1, -0.05) is 61.7 Å².